The van der Waals surface area contributed by atoms with E-state index in [0.29, 0.717) is 15.7 Å². The average Bonchev–Trinajstić information content (AvgIpc) is 3.11. The highest BCUT2D eigenvalue weighted by molar-refractivity contribution is 9.12. The van der Waals surface area contributed by atoms with Crippen molar-refractivity contribution in [2.45, 2.75) is 0 Å². The number of rotatable bonds is 1. The number of pyridine rings is 1. The Balaban J connectivity index is 2.21. The van der Waals surface area contributed by atoms with E-state index in [0.717, 1.165) is 13.1 Å². The second-order valence-electron chi connectivity index (χ2n) is 3.71. The molecule has 0 N–H and O–H groups in total. The summed E-state index contributed by atoms with van der Waals surface area (Å²) in [4.78, 5) is 29.9. The maximum Gasteiger partial charge on any atom is 0.221 e. The first-order valence-corrected chi connectivity index (χ1v) is 5.68. The lowest BCUT2D eigenvalue weighted by atomic mass is 9.97. The van der Waals surface area contributed by atoms with E-state index in [9.17, 15) is 9.59 Å². The molecular weight excluding hydrogens is 272 g/mol. The Bertz CT molecular complexity index is 547. The van der Waals surface area contributed by atoms with Gasteiger partial charge in [0.15, 0.2) is 0 Å². The molecule has 0 radical (unpaired) electrons. The largest absolute Gasteiger partial charge is 0.364 e. The van der Waals surface area contributed by atoms with Gasteiger partial charge in [-0.15, -0.1) is 0 Å². The summed E-state index contributed by atoms with van der Waals surface area (Å²) in [5.41, 5.74) is 1.12. The van der Waals surface area contributed by atoms with Gasteiger partial charge >= 0.3 is 0 Å². The number of nitrogens with zero attached hydrogens (tertiary/aromatic N) is 2. The van der Waals surface area contributed by atoms with Gasteiger partial charge in [-0.25, -0.2) is 0 Å². The van der Waals surface area contributed by atoms with E-state index in [1.807, 2.05) is 4.90 Å². The minimum atomic E-state index is -0.211. The fourth-order valence-corrected chi connectivity index (χ4v) is 2.38. The summed E-state index contributed by atoms with van der Waals surface area (Å²) in [6, 6.07) is 3.31. The van der Waals surface area contributed by atoms with Crippen LogP contribution in [-0.2, 0) is 0 Å². The minimum Gasteiger partial charge on any atom is -0.364 e. The molecule has 4 nitrogen and oxygen atoms in total. The van der Waals surface area contributed by atoms with Crippen LogP contribution in [0.1, 0.15) is 20.8 Å². The zero-order valence-electron chi connectivity index (χ0n) is 8.24. The average molecular weight is 279 g/mol. The van der Waals surface area contributed by atoms with E-state index in [1.54, 1.807) is 12.1 Å². The third kappa shape index (κ3) is 1.24. The van der Waals surface area contributed by atoms with Crippen molar-refractivity contribution in [3.05, 3.63) is 39.8 Å². The van der Waals surface area contributed by atoms with E-state index >= 15 is 0 Å². The maximum atomic E-state index is 12.1. The summed E-state index contributed by atoms with van der Waals surface area (Å²) in [6.07, 6.45) is 1.52. The molecule has 0 aromatic carbocycles. The Kier molecular flexibility index (Phi) is 1.97. The summed E-state index contributed by atoms with van der Waals surface area (Å²) in [6.45, 7) is 1.66. The van der Waals surface area contributed by atoms with Crippen molar-refractivity contribution in [1.29, 1.82) is 0 Å². The van der Waals surface area contributed by atoms with E-state index in [4.69, 9.17) is 0 Å². The Morgan fingerprint density at radius 3 is 2.69 bits per heavy atom. The molecule has 0 saturated carbocycles. The topological polar surface area (TPSA) is 50.0 Å². The first kappa shape index (κ1) is 9.72. The van der Waals surface area contributed by atoms with Gasteiger partial charge in [-0.2, -0.15) is 0 Å². The SMILES string of the molecule is O=C1C(N2CC2)=C(Br)C(=O)c2ncccc21. The molecule has 1 saturated heterocycles. The van der Waals surface area contributed by atoms with E-state index in [2.05, 4.69) is 20.9 Å². The van der Waals surface area contributed by atoms with Crippen LogP contribution in [0.5, 0.6) is 0 Å². The molecule has 3 rings (SSSR count). The smallest absolute Gasteiger partial charge is 0.221 e. The third-order valence-electron chi connectivity index (χ3n) is 2.65. The predicted octanol–water partition coefficient (Wildman–Crippen LogP) is 1.38. The van der Waals surface area contributed by atoms with Crippen LogP contribution in [0, 0.1) is 0 Å². The van der Waals surface area contributed by atoms with Crippen LogP contribution in [0.15, 0.2) is 28.5 Å². The Hall–Kier alpha value is -1.49. The molecule has 0 spiro atoms. The third-order valence-corrected chi connectivity index (χ3v) is 3.39. The zero-order chi connectivity index (χ0) is 11.3. The Morgan fingerprint density at radius 1 is 1.25 bits per heavy atom. The monoisotopic (exact) mass is 278 g/mol. The number of hydrogen-bond donors (Lipinski definition) is 0. The molecule has 16 heavy (non-hydrogen) atoms. The van der Waals surface area contributed by atoms with Crippen molar-refractivity contribution in [3.8, 4) is 0 Å². The van der Waals surface area contributed by atoms with E-state index in [1.165, 1.54) is 6.20 Å². The normalized spacial score (nSPS) is 18.9. The quantitative estimate of drug-likeness (QED) is 0.729. The molecule has 1 aromatic rings. The van der Waals surface area contributed by atoms with Gasteiger partial charge in [0.1, 0.15) is 11.4 Å². The van der Waals surface area contributed by atoms with Crippen molar-refractivity contribution >= 4 is 27.5 Å². The Labute approximate surface area is 100 Å². The number of ketones is 2. The van der Waals surface area contributed by atoms with Gasteiger partial charge < -0.3 is 4.90 Å². The second-order valence-corrected chi connectivity index (χ2v) is 4.50. The summed E-state index contributed by atoms with van der Waals surface area (Å²) in [5, 5.41) is 0. The number of Topliss-reactive ketones (excluding diaryl/α,β-unsaturated/α-hetero) is 2. The molecule has 1 aliphatic carbocycles. The van der Waals surface area contributed by atoms with Crippen LogP contribution >= 0.6 is 15.9 Å². The lowest BCUT2D eigenvalue weighted by Gasteiger charge is -2.17. The van der Waals surface area contributed by atoms with E-state index < -0.39 is 0 Å². The predicted molar refractivity (Wildman–Crippen MR) is 60.4 cm³/mol. The summed E-state index contributed by atoms with van der Waals surface area (Å²) in [5.74, 6) is -0.329. The van der Waals surface area contributed by atoms with Crippen LogP contribution in [0.2, 0.25) is 0 Å². The highest BCUT2D eigenvalue weighted by atomic mass is 79.9. The van der Waals surface area contributed by atoms with Crippen molar-refractivity contribution in [3.63, 3.8) is 0 Å². The van der Waals surface area contributed by atoms with Crippen LogP contribution in [0.3, 0.4) is 0 Å². The maximum absolute atomic E-state index is 12.1. The summed E-state index contributed by atoms with van der Waals surface area (Å²) < 4.78 is 0.334. The highest BCUT2D eigenvalue weighted by Crippen LogP contribution is 2.32. The van der Waals surface area contributed by atoms with Gasteiger partial charge in [-0.3, -0.25) is 14.6 Å². The molecule has 5 heteroatoms. The van der Waals surface area contributed by atoms with Crippen molar-refractivity contribution in [2.75, 3.05) is 13.1 Å². The summed E-state index contributed by atoms with van der Waals surface area (Å²) >= 11 is 3.20. The van der Waals surface area contributed by atoms with Gasteiger partial charge in [0.25, 0.3) is 0 Å². The first-order valence-electron chi connectivity index (χ1n) is 4.89. The zero-order valence-corrected chi connectivity index (χ0v) is 9.82. The number of allylic oxidation sites excluding steroid dienone is 2. The molecule has 80 valence electrons. The number of carbonyl (C=O) groups excluding carboxylic acids is 2. The number of hydrogen-bond acceptors (Lipinski definition) is 4. The number of aromatic nitrogens is 1. The number of carbonyl (C=O) groups is 2. The molecule has 2 aliphatic rings. The Morgan fingerprint density at radius 2 is 2.00 bits per heavy atom. The number of fused-ring (bicyclic) bond motifs is 1. The van der Waals surface area contributed by atoms with Crippen LogP contribution in [0.4, 0.5) is 0 Å². The van der Waals surface area contributed by atoms with Gasteiger partial charge in [0, 0.05) is 19.3 Å². The molecule has 1 fully saturated rings. The molecule has 0 atom stereocenters. The first-order chi connectivity index (χ1) is 7.70. The van der Waals surface area contributed by atoms with Gasteiger partial charge in [-0.1, -0.05) is 0 Å². The van der Waals surface area contributed by atoms with Crippen LogP contribution < -0.4 is 0 Å². The molecule has 0 unspecified atom stereocenters. The van der Waals surface area contributed by atoms with Crippen molar-refractivity contribution in [1.82, 2.24) is 9.88 Å². The highest BCUT2D eigenvalue weighted by Gasteiger charge is 2.38. The van der Waals surface area contributed by atoms with Gasteiger partial charge in [0.05, 0.1) is 10.0 Å². The molecule has 1 aromatic heterocycles. The molecule has 1 aliphatic heterocycles. The lowest BCUT2D eigenvalue weighted by Crippen LogP contribution is -2.24. The molecular formula is C11H7BrN2O2. The van der Waals surface area contributed by atoms with Crippen LogP contribution in [-0.4, -0.2) is 34.5 Å². The fourth-order valence-electron chi connectivity index (χ4n) is 1.76. The molecule has 0 amide bonds. The molecule has 2 heterocycles. The van der Waals surface area contributed by atoms with Crippen LogP contribution in [0.25, 0.3) is 0 Å². The number of halogens is 1. The van der Waals surface area contributed by atoms with Gasteiger partial charge in [-0.05, 0) is 28.1 Å². The second kappa shape index (κ2) is 3.25. The molecule has 0 bridgehead atoms. The fraction of sp³-hybridized carbons (Fsp3) is 0.182. The van der Waals surface area contributed by atoms with Crippen molar-refractivity contribution < 1.29 is 9.59 Å². The lowest BCUT2D eigenvalue weighted by molar-refractivity contribution is 0.0964. The standard InChI is InChI=1S/C11H7BrN2O2/c12-7-9(14-4-5-14)10(15)6-2-1-3-13-8(6)11(7)16/h1-3H,4-5H2. The van der Waals surface area contributed by atoms with Gasteiger partial charge in [0.2, 0.25) is 11.6 Å². The summed E-state index contributed by atoms with van der Waals surface area (Å²) in [7, 11) is 0. The van der Waals surface area contributed by atoms with E-state index in [-0.39, 0.29) is 17.3 Å². The van der Waals surface area contributed by atoms with Crippen molar-refractivity contribution in [2.24, 2.45) is 0 Å². The minimum absolute atomic E-state index is 0.118.